The number of phenols is 1. The zero-order valence-corrected chi connectivity index (χ0v) is 10.1. The number of hydrogen-bond donors (Lipinski definition) is 3. The number of rotatable bonds is 2. The van der Waals surface area contributed by atoms with Crippen molar-refractivity contribution in [3.05, 3.63) is 23.8 Å². The van der Waals surface area contributed by atoms with Gasteiger partial charge in [-0.25, -0.2) is 0 Å². The lowest BCUT2D eigenvalue weighted by Gasteiger charge is -2.34. The van der Waals surface area contributed by atoms with Crippen molar-refractivity contribution in [2.75, 3.05) is 18.8 Å². The van der Waals surface area contributed by atoms with Crippen LogP contribution in [0.5, 0.6) is 5.75 Å². The molecule has 94 valence electrons. The molecule has 1 fully saturated rings. The van der Waals surface area contributed by atoms with Gasteiger partial charge in [0.05, 0.1) is 11.8 Å². The molecule has 1 aromatic rings. The van der Waals surface area contributed by atoms with Crippen molar-refractivity contribution in [2.24, 2.45) is 5.92 Å². The number of anilines is 1. The van der Waals surface area contributed by atoms with Crippen molar-refractivity contribution >= 4 is 5.69 Å². The average molecular weight is 236 g/mol. The predicted molar refractivity (Wildman–Crippen MR) is 67.6 cm³/mol. The maximum atomic E-state index is 9.66. The van der Waals surface area contributed by atoms with Crippen LogP contribution in [-0.2, 0) is 6.54 Å². The number of likely N-dealkylation sites (tertiary alicyclic amines) is 1. The minimum absolute atomic E-state index is 0.135. The number of nitrogens with zero attached hydrogens (tertiary/aromatic N) is 1. The van der Waals surface area contributed by atoms with Crippen LogP contribution in [0, 0.1) is 5.92 Å². The average Bonchev–Trinajstić information content (AvgIpc) is 2.29. The normalized spacial score (nSPS) is 26.0. The Labute approximate surface area is 102 Å². The van der Waals surface area contributed by atoms with Gasteiger partial charge >= 0.3 is 0 Å². The highest BCUT2D eigenvalue weighted by Gasteiger charge is 2.23. The topological polar surface area (TPSA) is 69.7 Å². The summed E-state index contributed by atoms with van der Waals surface area (Å²) in [6.07, 6.45) is 0.658. The van der Waals surface area contributed by atoms with E-state index in [-0.39, 0.29) is 11.9 Å². The maximum absolute atomic E-state index is 9.66. The second-order valence-electron chi connectivity index (χ2n) is 4.96. The second kappa shape index (κ2) is 4.94. The summed E-state index contributed by atoms with van der Waals surface area (Å²) in [6, 6.07) is 5.33. The Morgan fingerprint density at radius 3 is 2.88 bits per heavy atom. The monoisotopic (exact) mass is 236 g/mol. The number of hydrogen-bond acceptors (Lipinski definition) is 4. The third kappa shape index (κ3) is 2.90. The lowest BCUT2D eigenvalue weighted by Crippen LogP contribution is -2.41. The Bertz CT molecular complexity index is 395. The molecule has 0 bridgehead atoms. The van der Waals surface area contributed by atoms with Crippen LogP contribution in [0.4, 0.5) is 5.69 Å². The molecule has 0 aromatic heterocycles. The molecular weight excluding hydrogens is 216 g/mol. The van der Waals surface area contributed by atoms with Gasteiger partial charge in [0.1, 0.15) is 5.75 Å². The first-order chi connectivity index (χ1) is 8.06. The van der Waals surface area contributed by atoms with E-state index >= 15 is 0 Å². The molecule has 17 heavy (non-hydrogen) atoms. The third-order valence-electron chi connectivity index (χ3n) is 3.44. The zero-order valence-electron chi connectivity index (χ0n) is 10.1. The fourth-order valence-electron chi connectivity index (χ4n) is 2.32. The Hall–Kier alpha value is -1.26. The fourth-order valence-corrected chi connectivity index (χ4v) is 2.32. The molecule has 1 aliphatic heterocycles. The highest BCUT2D eigenvalue weighted by molar-refractivity contribution is 5.53. The molecule has 2 atom stereocenters. The van der Waals surface area contributed by atoms with Crippen LogP contribution in [0.3, 0.4) is 0 Å². The maximum Gasteiger partial charge on any atom is 0.138 e. The largest absolute Gasteiger partial charge is 0.506 e. The molecular formula is C13H20N2O2. The summed E-state index contributed by atoms with van der Waals surface area (Å²) in [5.41, 5.74) is 7.19. The van der Waals surface area contributed by atoms with Crippen molar-refractivity contribution in [2.45, 2.75) is 26.0 Å². The van der Waals surface area contributed by atoms with E-state index in [1.807, 2.05) is 12.1 Å². The smallest absolute Gasteiger partial charge is 0.138 e. The summed E-state index contributed by atoms with van der Waals surface area (Å²) in [4.78, 5) is 2.31. The van der Waals surface area contributed by atoms with Crippen molar-refractivity contribution in [3.63, 3.8) is 0 Å². The van der Waals surface area contributed by atoms with Crippen molar-refractivity contribution in [1.29, 1.82) is 0 Å². The van der Waals surface area contributed by atoms with Crippen molar-refractivity contribution < 1.29 is 10.2 Å². The van der Waals surface area contributed by atoms with E-state index < -0.39 is 0 Å². The van der Waals surface area contributed by atoms with Crippen LogP contribution in [-0.4, -0.2) is 34.3 Å². The van der Waals surface area contributed by atoms with Gasteiger partial charge in [-0.15, -0.1) is 0 Å². The number of phenolic OH excluding ortho intramolecular Hbond substituents is 1. The lowest BCUT2D eigenvalue weighted by atomic mass is 9.96. The summed E-state index contributed by atoms with van der Waals surface area (Å²) >= 11 is 0. The molecule has 0 spiro atoms. The zero-order chi connectivity index (χ0) is 12.4. The molecule has 0 amide bonds. The first-order valence-electron chi connectivity index (χ1n) is 6.04. The predicted octanol–water partition coefficient (Wildman–Crippen LogP) is 1.18. The minimum Gasteiger partial charge on any atom is -0.506 e. The number of aliphatic hydroxyl groups is 1. The molecule has 1 aliphatic rings. The summed E-state index contributed by atoms with van der Waals surface area (Å²) in [6.45, 7) is 4.71. The number of benzene rings is 1. The van der Waals surface area contributed by atoms with E-state index in [9.17, 15) is 10.2 Å². The number of nitrogen functional groups attached to an aromatic ring is 1. The van der Waals surface area contributed by atoms with Crippen LogP contribution < -0.4 is 5.73 Å². The van der Waals surface area contributed by atoms with Gasteiger partial charge in [0.2, 0.25) is 0 Å². The summed E-state index contributed by atoms with van der Waals surface area (Å²) in [7, 11) is 0. The van der Waals surface area contributed by atoms with E-state index in [2.05, 4.69) is 11.8 Å². The van der Waals surface area contributed by atoms with Crippen molar-refractivity contribution in [3.8, 4) is 5.75 Å². The number of piperidine rings is 1. The lowest BCUT2D eigenvalue weighted by molar-refractivity contribution is 0.0320. The third-order valence-corrected chi connectivity index (χ3v) is 3.44. The van der Waals surface area contributed by atoms with Gasteiger partial charge in [-0.05, 0) is 30.0 Å². The SMILES string of the molecule is CC1CN(Cc2ccc(O)c(N)c2)CCC1O. The fraction of sp³-hybridized carbons (Fsp3) is 0.538. The molecule has 0 radical (unpaired) electrons. The molecule has 4 N–H and O–H groups in total. The quantitative estimate of drug-likeness (QED) is 0.532. The molecule has 2 unspecified atom stereocenters. The standard InChI is InChI=1S/C13H20N2O2/c1-9-7-15(5-4-12(9)16)8-10-2-3-13(17)11(14)6-10/h2-3,6,9,12,16-17H,4-5,7-8,14H2,1H3. The van der Waals surface area contributed by atoms with Gasteiger partial charge in [-0.1, -0.05) is 13.0 Å². The van der Waals surface area contributed by atoms with Gasteiger partial charge in [-0.2, -0.15) is 0 Å². The van der Waals surface area contributed by atoms with Gasteiger partial charge in [0.25, 0.3) is 0 Å². The van der Waals surface area contributed by atoms with Crippen LogP contribution in [0.25, 0.3) is 0 Å². The van der Waals surface area contributed by atoms with Crippen LogP contribution in [0.1, 0.15) is 18.9 Å². The Morgan fingerprint density at radius 1 is 1.47 bits per heavy atom. The summed E-state index contributed by atoms with van der Waals surface area (Å²) in [5.74, 6) is 0.453. The molecule has 1 heterocycles. The molecule has 0 aliphatic carbocycles. The van der Waals surface area contributed by atoms with E-state index in [4.69, 9.17) is 5.73 Å². The first-order valence-corrected chi connectivity index (χ1v) is 6.04. The van der Waals surface area contributed by atoms with E-state index in [1.54, 1.807) is 6.07 Å². The highest BCUT2D eigenvalue weighted by atomic mass is 16.3. The summed E-state index contributed by atoms with van der Waals surface area (Å²) < 4.78 is 0. The molecule has 4 heteroatoms. The molecule has 1 aromatic carbocycles. The first kappa shape index (κ1) is 12.2. The highest BCUT2D eigenvalue weighted by Crippen LogP contribution is 2.23. The van der Waals surface area contributed by atoms with Crippen LogP contribution in [0.2, 0.25) is 0 Å². The van der Waals surface area contributed by atoms with Crippen molar-refractivity contribution in [1.82, 2.24) is 4.90 Å². The number of aromatic hydroxyl groups is 1. The minimum atomic E-state index is -0.170. The number of nitrogens with two attached hydrogens (primary N) is 1. The van der Waals surface area contributed by atoms with Gasteiger partial charge < -0.3 is 15.9 Å². The second-order valence-corrected chi connectivity index (χ2v) is 4.96. The molecule has 0 saturated carbocycles. The van der Waals surface area contributed by atoms with Gasteiger partial charge in [0, 0.05) is 19.6 Å². The molecule has 1 saturated heterocycles. The van der Waals surface area contributed by atoms with Crippen LogP contribution in [0.15, 0.2) is 18.2 Å². The molecule has 2 rings (SSSR count). The molecule has 4 nitrogen and oxygen atoms in total. The van der Waals surface area contributed by atoms with Gasteiger partial charge in [-0.3, -0.25) is 4.90 Å². The van der Waals surface area contributed by atoms with E-state index in [0.717, 1.165) is 31.6 Å². The number of aliphatic hydroxyl groups excluding tert-OH is 1. The summed E-state index contributed by atoms with van der Waals surface area (Å²) in [5, 5.41) is 19.0. The van der Waals surface area contributed by atoms with E-state index in [0.29, 0.717) is 11.6 Å². The van der Waals surface area contributed by atoms with E-state index in [1.165, 1.54) is 0 Å². The Morgan fingerprint density at radius 2 is 2.24 bits per heavy atom. The van der Waals surface area contributed by atoms with Gasteiger partial charge in [0.15, 0.2) is 0 Å². The Balaban J connectivity index is 1.99. The Kier molecular flexibility index (Phi) is 3.54. The van der Waals surface area contributed by atoms with Crippen LogP contribution >= 0.6 is 0 Å².